The maximum absolute atomic E-state index is 12.6. The lowest BCUT2D eigenvalue weighted by Crippen LogP contribution is -2.46. The number of rotatable bonds is 8. The number of ether oxygens (including phenoxy) is 1. The van der Waals surface area contributed by atoms with E-state index in [-0.39, 0.29) is 5.91 Å². The van der Waals surface area contributed by atoms with Crippen LogP contribution in [0, 0.1) is 6.92 Å². The fourth-order valence-corrected chi connectivity index (χ4v) is 4.68. The Morgan fingerprint density at radius 3 is 2.66 bits per heavy atom. The van der Waals surface area contributed by atoms with Crippen LogP contribution < -0.4 is 15.0 Å². The van der Waals surface area contributed by atoms with Gasteiger partial charge in [-0.1, -0.05) is 35.9 Å². The highest BCUT2D eigenvalue weighted by atomic mass is 16.5. The summed E-state index contributed by atoms with van der Waals surface area (Å²) in [5.74, 6) is 1.05. The third-order valence-corrected chi connectivity index (χ3v) is 6.57. The zero-order valence-corrected chi connectivity index (χ0v) is 19.4. The van der Waals surface area contributed by atoms with Crippen LogP contribution in [0.1, 0.15) is 36.0 Å². The van der Waals surface area contributed by atoms with Crippen molar-refractivity contribution in [2.24, 2.45) is 0 Å². The largest absolute Gasteiger partial charge is 0.495 e. The second-order valence-corrected chi connectivity index (χ2v) is 8.84. The van der Waals surface area contributed by atoms with E-state index in [9.17, 15) is 4.79 Å². The van der Waals surface area contributed by atoms with Crippen LogP contribution in [0.2, 0.25) is 0 Å². The van der Waals surface area contributed by atoms with Crippen molar-refractivity contribution < 1.29 is 9.53 Å². The Morgan fingerprint density at radius 1 is 1.03 bits per heavy atom. The van der Waals surface area contributed by atoms with Crippen molar-refractivity contribution in [2.45, 2.75) is 32.6 Å². The smallest absolute Gasteiger partial charge is 0.247 e. The summed E-state index contributed by atoms with van der Waals surface area (Å²) < 4.78 is 5.51. The molecular formula is C27H35N3O2. The third kappa shape index (κ3) is 5.52. The Hall–Kier alpha value is -2.79. The molecule has 1 heterocycles. The van der Waals surface area contributed by atoms with Gasteiger partial charge in [0.2, 0.25) is 5.91 Å². The number of carbonyl (C=O) groups is 1. The molecule has 5 heteroatoms. The molecule has 1 saturated heterocycles. The molecule has 32 heavy (non-hydrogen) atoms. The Kier molecular flexibility index (Phi) is 7.48. The van der Waals surface area contributed by atoms with Gasteiger partial charge in [0.15, 0.2) is 0 Å². The van der Waals surface area contributed by atoms with Gasteiger partial charge in [-0.2, -0.15) is 0 Å². The number of fused-ring (bicyclic) bond motifs is 1. The average Bonchev–Trinajstić information content (AvgIpc) is 2.83. The van der Waals surface area contributed by atoms with E-state index in [4.69, 9.17) is 4.74 Å². The number of carbonyl (C=O) groups excluding carboxylic acids is 1. The Bertz CT molecular complexity index is 961. The molecule has 5 nitrogen and oxygen atoms in total. The second kappa shape index (κ2) is 10.7. The lowest BCUT2D eigenvalue weighted by atomic mass is 9.91. The highest BCUT2D eigenvalue weighted by Crippen LogP contribution is 2.28. The SMILES string of the molecule is COc1ccccc1N1CCN(CCCCNC(=O)C2=Cc3ccc(C)cc3CC2)CC1. The molecule has 1 aliphatic carbocycles. The van der Waals surface area contributed by atoms with Gasteiger partial charge in [0.25, 0.3) is 0 Å². The minimum atomic E-state index is 0.0987. The monoisotopic (exact) mass is 433 g/mol. The highest BCUT2D eigenvalue weighted by Gasteiger charge is 2.19. The number of hydrogen-bond acceptors (Lipinski definition) is 4. The van der Waals surface area contributed by atoms with Crippen LogP contribution in [0.4, 0.5) is 5.69 Å². The molecule has 0 bridgehead atoms. The quantitative estimate of drug-likeness (QED) is 0.638. The molecule has 4 rings (SSSR count). The van der Waals surface area contributed by atoms with E-state index in [2.05, 4.69) is 58.4 Å². The molecule has 170 valence electrons. The van der Waals surface area contributed by atoms with Gasteiger partial charge in [0.1, 0.15) is 5.75 Å². The fraction of sp³-hybridized carbons (Fsp3) is 0.444. The van der Waals surface area contributed by atoms with Crippen LogP contribution in [0.15, 0.2) is 48.0 Å². The van der Waals surface area contributed by atoms with Gasteiger partial charge in [0.05, 0.1) is 12.8 Å². The topological polar surface area (TPSA) is 44.8 Å². The summed E-state index contributed by atoms with van der Waals surface area (Å²) >= 11 is 0. The highest BCUT2D eigenvalue weighted by molar-refractivity contribution is 5.98. The van der Waals surface area contributed by atoms with Gasteiger partial charge >= 0.3 is 0 Å². The lowest BCUT2D eigenvalue weighted by Gasteiger charge is -2.36. The van der Waals surface area contributed by atoms with E-state index in [1.807, 2.05) is 12.1 Å². The van der Waals surface area contributed by atoms with Crippen LogP contribution in [0.3, 0.4) is 0 Å². The standard InChI is InChI=1S/C27H35N3O2/c1-21-9-10-23-20-24(12-11-22(23)19-21)27(31)28-13-5-6-14-29-15-17-30(18-16-29)25-7-3-4-8-26(25)32-2/h3-4,7-10,19-20H,5-6,11-18H2,1-2H3,(H,28,31). The van der Waals surface area contributed by atoms with Crippen molar-refractivity contribution in [1.29, 1.82) is 0 Å². The molecule has 1 aliphatic heterocycles. The number of amides is 1. The minimum absolute atomic E-state index is 0.0987. The van der Waals surface area contributed by atoms with Crippen LogP contribution in [-0.2, 0) is 11.2 Å². The van der Waals surface area contributed by atoms with Gasteiger partial charge in [-0.15, -0.1) is 0 Å². The van der Waals surface area contributed by atoms with E-state index in [1.54, 1.807) is 7.11 Å². The molecule has 0 aromatic heterocycles. The summed E-state index contributed by atoms with van der Waals surface area (Å²) in [6, 6.07) is 14.7. The number of para-hydroxylation sites is 2. The molecule has 2 aromatic carbocycles. The molecule has 1 fully saturated rings. The van der Waals surface area contributed by atoms with Crippen molar-refractivity contribution in [3.8, 4) is 5.75 Å². The molecule has 0 saturated carbocycles. The summed E-state index contributed by atoms with van der Waals surface area (Å²) in [6.07, 6.45) is 5.97. The normalized spacial score (nSPS) is 16.3. The first-order valence-electron chi connectivity index (χ1n) is 11.8. The molecule has 0 unspecified atom stereocenters. The molecule has 1 N–H and O–H groups in total. The number of nitrogens with one attached hydrogen (secondary N) is 1. The van der Waals surface area contributed by atoms with Gasteiger partial charge in [-0.3, -0.25) is 9.69 Å². The zero-order chi connectivity index (χ0) is 22.3. The number of nitrogens with zero attached hydrogens (tertiary/aromatic N) is 2. The number of anilines is 1. The fourth-order valence-electron chi connectivity index (χ4n) is 4.68. The van der Waals surface area contributed by atoms with E-state index in [1.165, 1.54) is 22.4 Å². The van der Waals surface area contributed by atoms with Crippen molar-refractivity contribution in [3.05, 3.63) is 64.7 Å². The predicted molar refractivity (Wildman–Crippen MR) is 131 cm³/mol. The number of piperazine rings is 1. The first-order chi connectivity index (χ1) is 15.6. The minimum Gasteiger partial charge on any atom is -0.495 e. The van der Waals surface area contributed by atoms with Gasteiger partial charge in [-0.05, 0) is 68.5 Å². The Balaban J connectivity index is 1.15. The average molecular weight is 434 g/mol. The maximum atomic E-state index is 12.6. The van der Waals surface area contributed by atoms with Crippen molar-refractivity contribution in [1.82, 2.24) is 10.2 Å². The number of unbranched alkanes of at least 4 members (excludes halogenated alkanes) is 1. The lowest BCUT2D eigenvalue weighted by molar-refractivity contribution is -0.117. The first kappa shape index (κ1) is 22.4. The van der Waals surface area contributed by atoms with E-state index >= 15 is 0 Å². The molecular weight excluding hydrogens is 398 g/mol. The summed E-state index contributed by atoms with van der Waals surface area (Å²) in [5, 5.41) is 3.13. The third-order valence-electron chi connectivity index (χ3n) is 6.57. The van der Waals surface area contributed by atoms with Gasteiger partial charge in [-0.25, -0.2) is 0 Å². The molecule has 0 spiro atoms. The predicted octanol–water partition coefficient (Wildman–Crippen LogP) is 4.05. The Morgan fingerprint density at radius 2 is 1.84 bits per heavy atom. The van der Waals surface area contributed by atoms with Crippen LogP contribution >= 0.6 is 0 Å². The van der Waals surface area contributed by atoms with E-state index in [0.29, 0.717) is 0 Å². The first-order valence-corrected chi connectivity index (χ1v) is 11.8. The summed E-state index contributed by atoms with van der Waals surface area (Å²) in [4.78, 5) is 17.5. The van der Waals surface area contributed by atoms with Crippen LogP contribution in [0.25, 0.3) is 6.08 Å². The second-order valence-electron chi connectivity index (χ2n) is 8.84. The molecule has 0 atom stereocenters. The summed E-state index contributed by atoms with van der Waals surface area (Å²) in [7, 11) is 1.73. The molecule has 2 aromatic rings. The number of methoxy groups -OCH3 is 1. The zero-order valence-electron chi connectivity index (χ0n) is 19.4. The van der Waals surface area contributed by atoms with Gasteiger partial charge < -0.3 is 15.0 Å². The maximum Gasteiger partial charge on any atom is 0.247 e. The van der Waals surface area contributed by atoms with E-state index in [0.717, 1.165) is 76.3 Å². The van der Waals surface area contributed by atoms with Gasteiger partial charge in [0, 0.05) is 38.3 Å². The Labute approximate surface area is 192 Å². The molecule has 1 amide bonds. The summed E-state index contributed by atoms with van der Waals surface area (Å²) in [5.41, 5.74) is 5.93. The molecule has 0 radical (unpaired) electrons. The van der Waals surface area contributed by atoms with Crippen molar-refractivity contribution in [3.63, 3.8) is 0 Å². The van der Waals surface area contributed by atoms with Crippen molar-refractivity contribution in [2.75, 3.05) is 51.3 Å². The van der Waals surface area contributed by atoms with Crippen LogP contribution in [-0.4, -0.2) is 57.2 Å². The number of hydrogen-bond donors (Lipinski definition) is 1. The van der Waals surface area contributed by atoms with Crippen LogP contribution in [0.5, 0.6) is 5.75 Å². The number of aryl methyl sites for hydroxylation is 2. The summed E-state index contributed by atoms with van der Waals surface area (Å²) in [6.45, 7) is 8.13. The van der Waals surface area contributed by atoms with E-state index < -0.39 is 0 Å². The number of benzene rings is 2. The molecule has 2 aliphatic rings. The van der Waals surface area contributed by atoms with Crippen molar-refractivity contribution >= 4 is 17.7 Å².